The van der Waals surface area contributed by atoms with Gasteiger partial charge >= 0.3 is 6.18 Å². The molecule has 0 fully saturated rings. The Morgan fingerprint density at radius 1 is 1.00 bits per heavy atom. The molecule has 1 unspecified atom stereocenters. The molecule has 31 heavy (non-hydrogen) atoms. The Labute approximate surface area is 175 Å². The number of ether oxygens (including phenoxy) is 2. The highest BCUT2D eigenvalue weighted by Crippen LogP contribution is 2.30. The van der Waals surface area contributed by atoms with Crippen LogP contribution in [0.25, 0.3) is 0 Å². The molecule has 1 heterocycles. The lowest BCUT2D eigenvalue weighted by Gasteiger charge is -2.21. The molecule has 6 nitrogen and oxygen atoms in total. The van der Waals surface area contributed by atoms with E-state index in [-0.39, 0.29) is 36.5 Å². The van der Waals surface area contributed by atoms with Gasteiger partial charge in [-0.1, -0.05) is 0 Å². The highest BCUT2D eigenvalue weighted by molar-refractivity contribution is 5.34. The molecule has 0 spiro atoms. The fourth-order valence-corrected chi connectivity index (χ4v) is 2.58. The van der Waals surface area contributed by atoms with Crippen molar-refractivity contribution in [2.45, 2.75) is 12.3 Å². The largest absolute Gasteiger partial charge is 0.491 e. The van der Waals surface area contributed by atoms with Gasteiger partial charge < -0.3 is 19.5 Å². The van der Waals surface area contributed by atoms with Crippen molar-refractivity contribution >= 4 is 5.95 Å². The topological polar surface area (TPSA) is 67.7 Å². The lowest BCUT2D eigenvalue weighted by atomic mass is 10.2. The third-order valence-corrected chi connectivity index (χ3v) is 4.10. The zero-order chi connectivity index (χ0) is 22.4. The summed E-state index contributed by atoms with van der Waals surface area (Å²) in [6.07, 6.45) is -3.91. The quantitative estimate of drug-likeness (QED) is 0.530. The first kappa shape index (κ1) is 22.3. The van der Waals surface area contributed by atoms with Crippen molar-refractivity contribution in [2.75, 3.05) is 25.1 Å². The van der Waals surface area contributed by atoms with Crippen molar-refractivity contribution in [3.63, 3.8) is 0 Å². The molecule has 3 rings (SSSR count). The highest BCUT2D eigenvalue weighted by Gasteiger charge is 2.30. The summed E-state index contributed by atoms with van der Waals surface area (Å²) in [6.45, 7) is -0.0396. The first-order chi connectivity index (χ1) is 14.7. The normalized spacial score (nSPS) is 12.3. The van der Waals surface area contributed by atoms with Crippen LogP contribution in [0.5, 0.6) is 17.4 Å². The third kappa shape index (κ3) is 6.54. The molecule has 164 valence electrons. The van der Waals surface area contributed by atoms with Crippen LogP contribution in [0.4, 0.5) is 23.5 Å². The van der Waals surface area contributed by atoms with Crippen molar-refractivity contribution in [2.24, 2.45) is 0 Å². The van der Waals surface area contributed by atoms with Crippen LogP contribution in [0.3, 0.4) is 0 Å². The fourth-order valence-electron chi connectivity index (χ4n) is 2.58. The Hall–Kier alpha value is -3.40. The Morgan fingerprint density at radius 2 is 1.65 bits per heavy atom. The molecule has 1 N–H and O–H groups in total. The average Bonchev–Trinajstić information content (AvgIpc) is 2.74. The van der Waals surface area contributed by atoms with Gasteiger partial charge in [0.25, 0.3) is 0 Å². The minimum Gasteiger partial charge on any atom is -0.491 e. The zero-order valence-corrected chi connectivity index (χ0v) is 16.4. The summed E-state index contributed by atoms with van der Waals surface area (Å²) in [7, 11) is 1.65. The third-order valence-electron chi connectivity index (χ3n) is 4.10. The molecule has 3 aromatic rings. The van der Waals surface area contributed by atoms with E-state index in [4.69, 9.17) is 9.47 Å². The number of likely N-dealkylation sites (N-methyl/N-ethyl adjacent to an activating group) is 1. The number of nitrogens with zero attached hydrogens (tertiary/aromatic N) is 3. The summed E-state index contributed by atoms with van der Waals surface area (Å²) >= 11 is 0. The molecule has 0 aliphatic heterocycles. The SMILES string of the molecule is CN(CC(O)COc1ccc(C(F)(F)F)cc1)c1nccc(Oc2ccc(F)cc2)n1. The predicted octanol–water partition coefficient (Wildman–Crippen LogP) is 4.30. The van der Waals surface area contributed by atoms with Crippen molar-refractivity contribution in [1.29, 1.82) is 0 Å². The van der Waals surface area contributed by atoms with Crippen molar-refractivity contribution in [1.82, 2.24) is 9.97 Å². The van der Waals surface area contributed by atoms with E-state index in [1.165, 1.54) is 48.7 Å². The number of aliphatic hydroxyl groups is 1. The maximum atomic E-state index is 13.0. The molecular weight excluding hydrogens is 418 g/mol. The first-order valence-electron chi connectivity index (χ1n) is 9.16. The molecule has 0 radical (unpaired) electrons. The molecule has 1 aromatic heterocycles. The van der Waals surface area contributed by atoms with E-state index in [1.807, 2.05) is 0 Å². The van der Waals surface area contributed by atoms with E-state index in [9.17, 15) is 22.7 Å². The number of aromatic nitrogens is 2. The van der Waals surface area contributed by atoms with Gasteiger partial charge in [-0.25, -0.2) is 9.37 Å². The number of aliphatic hydroxyl groups excluding tert-OH is 1. The maximum Gasteiger partial charge on any atom is 0.416 e. The lowest BCUT2D eigenvalue weighted by molar-refractivity contribution is -0.137. The molecule has 0 saturated heterocycles. The van der Waals surface area contributed by atoms with Gasteiger partial charge in [0, 0.05) is 25.9 Å². The van der Waals surface area contributed by atoms with Crippen LogP contribution < -0.4 is 14.4 Å². The monoisotopic (exact) mass is 437 g/mol. The number of rotatable bonds is 8. The van der Waals surface area contributed by atoms with E-state index < -0.39 is 17.8 Å². The van der Waals surface area contributed by atoms with Crippen molar-refractivity contribution in [3.05, 3.63) is 72.2 Å². The van der Waals surface area contributed by atoms with Gasteiger partial charge in [-0.15, -0.1) is 0 Å². The standard InChI is InChI=1S/C21H19F4N3O3/c1-28(12-16(29)13-30-17-6-2-14(3-7-17)21(23,24)25)20-26-11-10-19(27-20)31-18-8-4-15(22)5-9-18/h2-11,16,29H,12-13H2,1H3. The van der Waals surface area contributed by atoms with Gasteiger partial charge in [-0.05, 0) is 48.5 Å². The molecule has 0 bridgehead atoms. The minimum absolute atomic E-state index is 0.0979. The lowest BCUT2D eigenvalue weighted by Crippen LogP contribution is -2.34. The number of hydrogen-bond acceptors (Lipinski definition) is 6. The molecule has 1 atom stereocenters. The van der Waals surface area contributed by atoms with E-state index in [2.05, 4.69) is 9.97 Å². The summed E-state index contributed by atoms with van der Waals surface area (Å²) < 4.78 is 61.6. The van der Waals surface area contributed by atoms with E-state index >= 15 is 0 Å². The Kier molecular flexibility index (Phi) is 6.91. The van der Waals surface area contributed by atoms with E-state index in [1.54, 1.807) is 11.9 Å². The van der Waals surface area contributed by atoms with Gasteiger partial charge in [0.2, 0.25) is 11.8 Å². The summed E-state index contributed by atoms with van der Waals surface area (Å²) in [5.41, 5.74) is -0.778. The zero-order valence-electron chi connectivity index (χ0n) is 16.4. The summed E-state index contributed by atoms with van der Waals surface area (Å²) in [4.78, 5) is 9.92. The second-order valence-corrected chi connectivity index (χ2v) is 6.62. The summed E-state index contributed by atoms with van der Waals surface area (Å²) in [5, 5.41) is 10.2. The van der Waals surface area contributed by atoms with Crippen LogP contribution in [0.1, 0.15) is 5.56 Å². The summed E-state index contributed by atoms with van der Waals surface area (Å²) in [6, 6.07) is 11.2. The Bertz CT molecular complexity index is 982. The van der Waals surface area contributed by atoms with Crippen molar-refractivity contribution in [3.8, 4) is 17.4 Å². The molecular formula is C21H19F4N3O3. The van der Waals surface area contributed by atoms with E-state index in [0.29, 0.717) is 5.75 Å². The second kappa shape index (κ2) is 9.61. The van der Waals surface area contributed by atoms with Crippen LogP contribution in [-0.4, -0.2) is 41.4 Å². The van der Waals surface area contributed by atoms with Crippen LogP contribution >= 0.6 is 0 Å². The fraction of sp³-hybridized carbons (Fsp3) is 0.238. The molecule has 0 amide bonds. The van der Waals surface area contributed by atoms with Crippen molar-refractivity contribution < 1.29 is 32.1 Å². The van der Waals surface area contributed by atoms with Crippen LogP contribution in [-0.2, 0) is 6.18 Å². The smallest absolute Gasteiger partial charge is 0.416 e. The Balaban J connectivity index is 1.53. The first-order valence-corrected chi connectivity index (χ1v) is 9.16. The molecule has 0 aliphatic rings. The predicted molar refractivity (Wildman–Crippen MR) is 105 cm³/mol. The second-order valence-electron chi connectivity index (χ2n) is 6.62. The average molecular weight is 437 g/mol. The van der Waals surface area contributed by atoms with E-state index in [0.717, 1.165) is 12.1 Å². The molecule has 0 aliphatic carbocycles. The van der Waals surface area contributed by atoms with Crippen LogP contribution in [0.2, 0.25) is 0 Å². The molecule has 10 heteroatoms. The number of benzene rings is 2. The molecule has 0 saturated carbocycles. The number of halogens is 4. The number of anilines is 1. The van der Waals surface area contributed by atoms with Gasteiger partial charge in [0.15, 0.2) is 0 Å². The highest BCUT2D eigenvalue weighted by atomic mass is 19.4. The molecule has 2 aromatic carbocycles. The van der Waals surface area contributed by atoms with Gasteiger partial charge in [-0.3, -0.25) is 0 Å². The number of hydrogen-bond donors (Lipinski definition) is 1. The maximum absolute atomic E-state index is 13.0. The van der Waals surface area contributed by atoms with Gasteiger partial charge in [0.1, 0.15) is 30.0 Å². The van der Waals surface area contributed by atoms with Crippen LogP contribution in [0, 0.1) is 5.82 Å². The van der Waals surface area contributed by atoms with Gasteiger partial charge in [0.05, 0.1) is 5.56 Å². The van der Waals surface area contributed by atoms with Gasteiger partial charge in [-0.2, -0.15) is 18.2 Å². The minimum atomic E-state index is -4.42. The Morgan fingerprint density at radius 3 is 2.29 bits per heavy atom. The number of alkyl halides is 3. The van der Waals surface area contributed by atoms with Crippen LogP contribution in [0.15, 0.2) is 60.8 Å². The summed E-state index contributed by atoms with van der Waals surface area (Å²) in [5.74, 6) is 0.731.